The molecule has 0 spiro atoms. The first-order valence-corrected chi connectivity index (χ1v) is 7.49. The molecule has 0 heterocycles. The minimum atomic E-state index is -0.959. The van der Waals surface area contributed by atoms with Crippen molar-refractivity contribution in [3.05, 3.63) is 24.3 Å². The Labute approximate surface area is 136 Å². The van der Waals surface area contributed by atoms with Crippen molar-refractivity contribution in [2.24, 2.45) is 0 Å². The zero-order chi connectivity index (χ0) is 17.2. The number of amides is 1. The van der Waals surface area contributed by atoms with Crippen molar-refractivity contribution in [1.82, 2.24) is 10.2 Å². The quantitative estimate of drug-likeness (QED) is 0.624. The van der Waals surface area contributed by atoms with Crippen LogP contribution in [-0.4, -0.2) is 61.3 Å². The standard InChI is InChI=1S/C16H24N2O5/c1-4-22-13-5-7-14(8-6-13)23-10-9-17-15(19)11-18(3)12(2)16(20)21/h5-8,12H,4,9-11H2,1-3H3,(H,17,19)(H,20,21). The van der Waals surface area contributed by atoms with Crippen LogP contribution >= 0.6 is 0 Å². The number of hydrogen-bond donors (Lipinski definition) is 2. The number of carboxylic acids is 1. The number of carbonyl (C=O) groups is 2. The van der Waals surface area contributed by atoms with Gasteiger partial charge in [-0.3, -0.25) is 14.5 Å². The summed E-state index contributed by atoms with van der Waals surface area (Å²) in [6.45, 7) is 4.77. The third-order valence-electron chi connectivity index (χ3n) is 3.24. The molecule has 0 aliphatic heterocycles. The molecule has 23 heavy (non-hydrogen) atoms. The highest BCUT2D eigenvalue weighted by Gasteiger charge is 2.18. The van der Waals surface area contributed by atoms with Gasteiger partial charge < -0.3 is 19.9 Å². The average molecular weight is 324 g/mol. The Bertz CT molecular complexity index is 504. The van der Waals surface area contributed by atoms with Gasteiger partial charge >= 0.3 is 5.97 Å². The van der Waals surface area contributed by atoms with Gasteiger partial charge in [-0.2, -0.15) is 0 Å². The molecule has 0 fully saturated rings. The SMILES string of the molecule is CCOc1ccc(OCCNC(=O)CN(C)C(C)C(=O)O)cc1. The molecule has 0 saturated heterocycles. The predicted octanol–water partition coefficient (Wildman–Crippen LogP) is 0.985. The maximum atomic E-state index is 11.7. The fraction of sp³-hybridized carbons (Fsp3) is 0.500. The van der Waals surface area contributed by atoms with Crippen LogP contribution in [0.3, 0.4) is 0 Å². The molecule has 1 aromatic carbocycles. The summed E-state index contributed by atoms with van der Waals surface area (Å²) in [5, 5.41) is 11.5. The average Bonchev–Trinajstić information content (AvgIpc) is 2.52. The van der Waals surface area contributed by atoms with Crippen molar-refractivity contribution in [3.8, 4) is 11.5 Å². The van der Waals surface area contributed by atoms with E-state index in [1.54, 1.807) is 19.2 Å². The number of benzene rings is 1. The van der Waals surface area contributed by atoms with Gasteiger partial charge in [-0.25, -0.2) is 0 Å². The Balaban J connectivity index is 2.23. The Morgan fingerprint density at radius 1 is 1.22 bits per heavy atom. The van der Waals surface area contributed by atoms with E-state index in [0.717, 1.165) is 5.75 Å². The van der Waals surface area contributed by atoms with E-state index in [2.05, 4.69) is 5.32 Å². The van der Waals surface area contributed by atoms with Gasteiger partial charge in [0.15, 0.2) is 0 Å². The largest absolute Gasteiger partial charge is 0.494 e. The molecule has 1 rings (SSSR count). The van der Waals surface area contributed by atoms with Crippen LogP contribution in [0, 0.1) is 0 Å². The topological polar surface area (TPSA) is 88.1 Å². The van der Waals surface area contributed by atoms with Crippen LogP contribution in [0.4, 0.5) is 0 Å². The summed E-state index contributed by atoms with van der Waals surface area (Å²) in [7, 11) is 1.59. The van der Waals surface area contributed by atoms with Crippen LogP contribution in [-0.2, 0) is 9.59 Å². The summed E-state index contributed by atoms with van der Waals surface area (Å²) < 4.78 is 10.8. The molecule has 0 aliphatic rings. The maximum absolute atomic E-state index is 11.7. The Hall–Kier alpha value is -2.28. The van der Waals surface area contributed by atoms with Crippen LogP contribution in [0.15, 0.2) is 24.3 Å². The molecule has 0 bridgehead atoms. The fourth-order valence-corrected chi connectivity index (χ4v) is 1.77. The third-order valence-corrected chi connectivity index (χ3v) is 3.24. The lowest BCUT2D eigenvalue weighted by atomic mass is 10.3. The summed E-state index contributed by atoms with van der Waals surface area (Å²) >= 11 is 0. The number of carbonyl (C=O) groups excluding carboxylic acids is 1. The Kier molecular flexibility index (Phi) is 7.90. The van der Waals surface area contributed by atoms with Crippen molar-refractivity contribution in [2.45, 2.75) is 19.9 Å². The fourth-order valence-electron chi connectivity index (χ4n) is 1.77. The zero-order valence-electron chi connectivity index (χ0n) is 13.7. The number of likely N-dealkylation sites (N-methyl/N-ethyl adjacent to an activating group) is 1. The number of ether oxygens (including phenoxy) is 2. The van der Waals surface area contributed by atoms with E-state index < -0.39 is 12.0 Å². The van der Waals surface area contributed by atoms with Crippen molar-refractivity contribution in [2.75, 3.05) is 33.4 Å². The highest BCUT2D eigenvalue weighted by Crippen LogP contribution is 2.17. The number of rotatable bonds is 10. The van der Waals surface area contributed by atoms with Crippen LogP contribution in [0.5, 0.6) is 11.5 Å². The number of nitrogens with zero attached hydrogens (tertiary/aromatic N) is 1. The second kappa shape index (κ2) is 9.68. The van der Waals surface area contributed by atoms with E-state index in [0.29, 0.717) is 25.5 Å². The molecule has 0 aliphatic carbocycles. The molecule has 2 N–H and O–H groups in total. The molecule has 0 radical (unpaired) electrons. The minimum absolute atomic E-state index is 0.0243. The molecule has 1 aromatic rings. The van der Waals surface area contributed by atoms with Crippen LogP contribution in [0.1, 0.15) is 13.8 Å². The molecule has 7 nitrogen and oxygen atoms in total. The second-order valence-corrected chi connectivity index (χ2v) is 5.03. The van der Waals surface area contributed by atoms with Gasteiger partial charge in [0.2, 0.25) is 5.91 Å². The van der Waals surface area contributed by atoms with Gasteiger partial charge in [-0.05, 0) is 45.2 Å². The molecular formula is C16H24N2O5. The van der Waals surface area contributed by atoms with Gasteiger partial charge in [0.25, 0.3) is 0 Å². The first-order valence-electron chi connectivity index (χ1n) is 7.49. The van der Waals surface area contributed by atoms with Crippen molar-refractivity contribution in [1.29, 1.82) is 0 Å². The minimum Gasteiger partial charge on any atom is -0.494 e. The van der Waals surface area contributed by atoms with Crippen LogP contribution in [0.25, 0.3) is 0 Å². The van der Waals surface area contributed by atoms with Gasteiger partial charge in [0.1, 0.15) is 24.1 Å². The van der Waals surface area contributed by atoms with E-state index in [4.69, 9.17) is 14.6 Å². The first-order chi connectivity index (χ1) is 10.9. The van der Waals surface area contributed by atoms with Crippen molar-refractivity contribution >= 4 is 11.9 Å². The number of nitrogens with one attached hydrogen (secondary N) is 1. The van der Waals surface area contributed by atoms with E-state index in [9.17, 15) is 9.59 Å². The molecule has 1 atom stereocenters. The lowest BCUT2D eigenvalue weighted by Crippen LogP contribution is -2.43. The highest BCUT2D eigenvalue weighted by molar-refractivity contribution is 5.79. The van der Waals surface area contributed by atoms with Crippen LogP contribution < -0.4 is 14.8 Å². The monoisotopic (exact) mass is 324 g/mol. The number of carboxylic acid groups (broad SMARTS) is 1. The van der Waals surface area contributed by atoms with Crippen LogP contribution in [0.2, 0.25) is 0 Å². The second-order valence-electron chi connectivity index (χ2n) is 5.03. The zero-order valence-corrected chi connectivity index (χ0v) is 13.7. The van der Waals surface area contributed by atoms with Crippen molar-refractivity contribution in [3.63, 3.8) is 0 Å². The van der Waals surface area contributed by atoms with Gasteiger partial charge in [-0.1, -0.05) is 0 Å². The molecular weight excluding hydrogens is 300 g/mol. The van der Waals surface area contributed by atoms with E-state index in [1.807, 2.05) is 19.1 Å². The third kappa shape index (κ3) is 7.01. The molecule has 0 saturated carbocycles. The van der Waals surface area contributed by atoms with Gasteiger partial charge in [0.05, 0.1) is 19.7 Å². The smallest absolute Gasteiger partial charge is 0.320 e. The molecule has 1 amide bonds. The Morgan fingerprint density at radius 3 is 2.30 bits per heavy atom. The first kappa shape index (κ1) is 18.8. The molecule has 1 unspecified atom stereocenters. The van der Waals surface area contributed by atoms with Gasteiger partial charge in [0, 0.05) is 0 Å². The maximum Gasteiger partial charge on any atom is 0.320 e. The molecule has 128 valence electrons. The molecule has 0 aromatic heterocycles. The summed E-state index contributed by atoms with van der Waals surface area (Å²) in [5.74, 6) is 0.276. The van der Waals surface area contributed by atoms with Gasteiger partial charge in [-0.15, -0.1) is 0 Å². The summed E-state index contributed by atoms with van der Waals surface area (Å²) in [5.41, 5.74) is 0. The van der Waals surface area contributed by atoms with Crippen molar-refractivity contribution < 1.29 is 24.2 Å². The lowest BCUT2D eigenvalue weighted by Gasteiger charge is -2.20. The summed E-state index contributed by atoms with van der Waals surface area (Å²) in [4.78, 5) is 24.0. The van der Waals surface area contributed by atoms with E-state index in [1.165, 1.54) is 11.8 Å². The summed E-state index contributed by atoms with van der Waals surface area (Å²) in [6.07, 6.45) is 0. The summed E-state index contributed by atoms with van der Waals surface area (Å²) in [6, 6.07) is 6.53. The predicted molar refractivity (Wildman–Crippen MR) is 85.8 cm³/mol. The lowest BCUT2D eigenvalue weighted by molar-refractivity contribution is -0.142. The Morgan fingerprint density at radius 2 is 1.78 bits per heavy atom. The molecule has 7 heteroatoms. The number of hydrogen-bond acceptors (Lipinski definition) is 5. The number of aliphatic carboxylic acids is 1. The normalized spacial score (nSPS) is 11.8. The van der Waals surface area contributed by atoms with E-state index in [-0.39, 0.29) is 12.5 Å². The van der Waals surface area contributed by atoms with E-state index >= 15 is 0 Å². The highest BCUT2D eigenvalue weighted by atomic mass is 16.5.